The number of amides is 2. The molecule has 0 saturated carbocycles. The number of methoxy groups -OCH3 is 1. The van der Waals surface area contributed by atoms with Crippen LogP contribution < -0.4 is 15.4 Å². The Morgan fingerprint density at radius 3 is 2.53 bits per heavy atom. The highest BCUT2D eigenvalue weighted by Crippen LogP contribution is 2.36. The van der Waals surface area contributed by atoms with Crippen LogP contribution >= 0.6 is 11.8 Å². The summed E-state index contributed by atoms with van der Waals surface area (Å²) in [5.74, 6) is 0.0790. The summed E-state index contributed by atoms with van der Waals surface area (Å²) >= 11 is 1.16. The minimum Gasteiger partial charge on any atom is -0.497 e. The van der Waals surface area contributed by atoms with E-state index in [0.717, 1.165) is 29.4 Å². The van der Waals surface area contributed by atoms with Crippen molar-refractivity contribution in [1.29, 1.82) is 5.26 Å². The molecule has 1 aliphatic rings. The van der Waals surface area contributed by atoms with E-state index in [9.17, 15) is 14.9 Å². The molecule has 0 aromatic heterocycles. The molecular weight excluding hydrogens is 398 g/mol. The second kappa shape index (κ2) is 9.99. The van der Waals surface area contributed by atoms with Crippen LogP contribution in [0.3, 0.4) is 0 Å². The Kier molecular flexibility index (Phi) is 7.15. The fourth-order valence-corrected chi connectivity index (χ4v) is 4.09. The van der Waals surface area contributed by atoms with E-state index < -0.39 is 0 Å². The molecule has 0 aliphatic carbocycles. The van der Waals surface area contributed by atoms with Crippen LogP contribution in [0.25, 0.3) is 0 Å². The SMILES string of the molecule is CCc1ccc(NC(=O)CSC2=C(C#N)[C@@H](c3ccc(OC)cc3)CC(=O)N2)cc1. The first-order chi connectivity index (χ1) is 14.5. The van der Waals surface area contributed by atoms with Gasteiger partial charge in [-0.25, -0.2) is 0 Å². The maximum absolute atomic E-state index is 12.3. The van der Waals surface area contributed by atoms with Crippen molar-refractivity contribution in [2.45, 2.75) is 25.7 Å². The van der Waals surface area contributed by atoms with Gasteiger partial charge in [0.05, 0.1) is 29.5 Å². The molecule has 30 heavy (non-hydrogen) atoms. The number of carbonyl (C=O) groups is 2. The van der Waals surface area contributed by atoms with E-state index in [0.29, 0.717) is 16.4 Å². The summed E-state index contributed by atoms with van der Waals surface area (Å²) < 4.78 is 5.17. The summed E-state index contributed by atoms with van der Waals surface area (Å²) in [6, 6.07) is 17.2. The molecule has 2 aromatic rings. The number of nitrogens with one attached hydrogen (secondary N) is 2. The molecule has 0 radical (unpaired) electrons. The van der Waals surface area contributed by atoms with Crippen molar-refractivity contribution >= 4 is 29.3 Å². The van der Waals surface area contributed by atoms with Crippen LogP contribution in [0.5, 0.6) is 5.75 Å². The molecule has 3 rings (SSSR count). The van der Waals surface area contributed by atoms with Crippen LogP contribution in [0.2, 0.25) is 0 Å². The fourth-order valence-electron chi connectivity index (χ4n) is 3.21. The molecule has 7 heteroatoms. The van der Waals surface area contributed by atoms with Gasteiger partial charge in [0.1, 0.15) is 5.75 Å². The van der Waals surface area contributed by atoms with Crippen LogP contribution in [0, 0.1) is 11.3 Å². The highest BCUT2D eigenvalue weighted by atomic mass is 32.2. The molecule has 0 bridgehead atoms. The van der Waals surface area contributed by atoms with Crippen molar-refractivity contribution < 1.29 is 14.3 Å². The summed E-state index contributed by atoms with van der Waals surface area (Å²) in [5, 5.41) is 15.8. The summed E-state index contributed by atoms with van der Waals surface area (Å²) in [5.41, 5.74) is 3.24. The van der Waals surface area contributed by atoms with Crippen molar-refractivity contribution in [2.24, 2.45) is 0 Å². The van der Waals surface area contributed by atoms with E-state index in [4.69, 9.17) is 4.74 Å². The van der Waals surface area contributed by atoms with Gasteiger partial charge in [0.25, 0.3) is 0 Å². The lowest BCUT2D eigenvalue weighted by atomic mass is 9.87. The quantitative estimate of drug-likeness (QED) is 0.706. The zero-order chi connectivity index (χ0) is 21.5. The number of hydrogen-bond acceptors (Lipinski definition) is 5. The number of nitriles is 1. The van der Waals surface area contributed by atoms with Gasteiger partial charge in [-0.1, -0.05) is 43.0 Å². The van der Waals surface area contributed by atoms with E-state index in [-0.39, 0.29) is 29.9 Å². The lowest BCUT2D eigenvalue weighted by molar-refractivity contribution is -0.121. The van der Waals surface area contributed by atoms with Gasteiger partial charge in [0, 0.05) is 18.0 Å². The lowest BCUT2D eigenvalue weighted by Gasteiger charge is -2.25. The van der Waals surface area contributed by atoms with Gasteiger partial charge in [-0.05, 0) is 41.8 Å². The highest BCUT2D eigenvalue weighted by Gasteiger charge is 2.29. The Bertz CT molecular complexity index is 992. The first-order valence-corrected chi connectivity index (χ1v) is 10.6. The molecule has 2 N–H and O–H groups in total. The standard InChI is InChI=1S/C23H23N3O3S/c1-3-15-4-8-17(9-5-15)25-22(28)14-30-23-20(13-24)19(12-21(27)26-23)16-6-10-18(29-2)11-7-16/h4-11,19H,3,12,14H2,1-2H3,(H,25,28)(H,26,27)/t19-/m1/s1. The predicted molar refractivity (Wildman–Crippen MR) is 118 cm³/mol. The molecule has 0 unspecified atom stereocenters. The normalized spacial score (nSPS) is 15.9. The molecule has 1 heterocycles. The fraction of sp³-hybridized carbons (Fsp3) is 0.261. The second-order valence-electron chi connectivity index (χ2n) is 6.82. The van der Waals surface area contributed by atoms with E-state index in [1.165, 1.54) is 5.56 Å². The van der Waals surface area contributed by atoms with Gasteiger partial charge in [-0.15, -0.1) is 0 Å². The first-order valence-electron chi connectivity index (χ1n) is 9.63. The first kappa shape index (κ1) is 21.5. The maximum atomic E-state index is 12.3. The monoisotopic (exact) mass is 421 g/mol. The molecule has 1 aliphatic heterocycles. The van der Waals surface area contributed by atoms with Crippen molar-refractivity contribution in [1.82, 2.24) is 5.32 Å². The van der Waals surface area contributed by atoms with Gasteiger partial charge >= 0.3 is 0 Å². The van der Waals surface area contributed by atoms with Gasteiger partial charge in [0.15, 0.2) is 0 Å². The maximum Gasteiger partial charge on any atom is 0.234 e. The Hall–Kier alpha value is -3.24. The van der Waals surface area contributed by atoms with E-state index in [1.54, 1.807) is 19.2 Å². The van der Waals surface area contributed by atoms with Crippen LogP contribution in [-0.2, 0) is 16.0 Å². The number of thioether (sulfide) groups is 1. The summed E-state index contributed by atoms with van der Waals surface area (Å²) in [6.45, 7) is 2.07. The Morgan fingerprint density at radius 2 is 1.93 bits per heavy atom. The number of aryl methyl sites for hydroxylation is 1. The zero-order valence-corrected chi connectivity index (χ0v) is 17.7. The highest BCUT2D eigenvalue weighted by molar-refractivity contribution is 8.03. The summed E-state index contributed by atoms with van der Waals surface area (Å²) in [7, 11) is 1.58. The van der Waals surface area contributed by atoms with E-state index in [1.807, 2.05) is 36.4 Å². The van der Waals surface area contributed by atoms with Crippen LogP contribution in [0.1, 0.15) is 30.4 Å². The van der Waals surface area contributed by atoms with Crippen molar-refractivity contribution in [3.8, 4) is 11.8 Å². The van der Waals surface area contributed by atoms with Gasteiger partial charge in [0.2, 0.25) is 11.8 Å². The number of benzene rings is 2. The van der Waals surface area contributed by atoms with Gasteiger partial charge in [-0.2, -0.15) is 5.26 Å². The lowest BCUT2D eigenvalue weighted by Crippen LogP contribution is -2.31. The smallest absolute Gasteiger partial charge is 0.234 e. The number of nitrogens with zero attached hydrogens (tertiary/aromatic N) is 1. The van der Waals surface area contributed by atoms with Crippen LogP contribution in [-0.4, -0.2) is 24.7 Å². The van der Waals surface area contributed by atoms with E-state index in [2.05, 4.69) is 23.6 Å². The largest absolute Gasteiger partial charge is 0.497 e. The zero-order valence-electron chi connectivity index (χ0n) is 16.9. The molecule has 1 atom stereocenters. The third-order valence-corrected chi connectivity index (χ3v) is 5.88. The van der Waals surface area contributed by atoms with Crippen LogP contribution in [0.15, 0.2) is 59.1 Å². The topological polar surface area (TPSA) is 91.2 Å². The predicted octanol–water partition coefficient (Wildman–Crippen LogP) is 3.97. The van der Waals surface area contributed by atoms with Gasteiger partial charge in [-0.3, -0.25) is 9.59 Å². The third-order valence-electron chi connectivity index (χ3n) is 4.87. The number of anilines is 1. The van der Waals surface area contributed by atoms with Crippen molar-refractivity contribution in [2.75, 3.05) is 18.2 Å². The molecule has 2 aromatic carbocycles. The molecule has 0 fully saturated rings. The molecule has 0 spiro atoms. The second-order valence-corrected chi connectivity index (χ2v) is 7.81. The molecule has 0 saturated heterocycles. The van der Waals surface area contributed by atoms with Crippen LogP contribution in [0.4, 0.5) is 5.69 Å². The average molecular weight is 422 g/mol. The summed E-state index contributed by atoms with van der Waals surface area (Å²) in [4.78, 5) is 24.6. The number of hydrogen-bond donors (Lipinski definition) is 2. The third kappa shape index (κ3) is 5.22. The number of allylic oxidation sites excluding steroid dienone is 1. The summed E-state index contributed by atoms with van der Waals surface area (Å²) in [6.07, 6.45) is 1.12. The molecule has 154 valence electrons. The van der Waals surface area contributed by atoms with E-state index >= 15 is 0 Å². The average Bonchev–Trinajstić information content (AvgIpc) is 2.78. The van der Waals surface area contributed by atoms with Gasteiger partial charge < -0.3 is 15.4 Å². The molecular formula is C23H23N3O3S. The Morgan fingerprint density at radius 1 is 1.23 bits per heavy atom. The Balaban J connectivity index is 1.71. The molecule has 2 amide bonds. The minimum atomic E-state index is -0.346. The number of carbonyl (C=O) groups excluding carboxylic acids is 2. The minimum absolute atomic E-state index is 0.0889. The Labute approximate surface area is 180 Å². The number of rotatable bonds is 7. The molecule has 6 nitrogen and oxygen atoms in total. The van der Waals surface area contributed by atoms with Crippen molar-refractivity contribution in [3.63, 3.8) is 0 Å². The number of ether oxygens (including phenoxy) is 1. The van der Waals surface area contributed by atoms with Crippen molar-refractivity contribution in [3.05, 3.63) is 70.3 Å².